The molecule has 0 saturated heterocycles. The van der Waals surface area contributed by atoms with Crippen molar-refractivity contribution < 1.29 is 9.18 Å². The topological polar surface area (TPSA) is 119 Å². The van der Waals surface area contributed by atoms with Crippen molar-refractivity contribution in [1.82, 2.24) is 34.2 Å². The van der Waals surface area contributed by atoms with Crippen LogP contribution < -0.4 is 11.2 Å². The molecule has 0 radical (unpaired) electrons. The second-order valence-electron chi connectivity index (χ2n) is 9.24. The van der Waals surface area contributed by atoms with Gasteiger partial charge in [0.25, 0.3) is 11.5 Å². The summed E-state index contributed by atoms with van der Waals surface area (Å²) in [5, 5.41) is 8.92. The van der Waals surface area contributed by atoms with Gasteiger partial charge in [0.1, 0.15) is 11.5 Å². The van der Waals surface area contributed by atoms with Gasteiger partial charge in [0.05, 0.1) is 35.6 Å². The highest BCUT2D eigenvalue weighted by Crippen LogP contribution is 2.28. The van der Waals surface area contributed by atoms with Crippen molar-refractivity contribution in [2.75, 3.05) is 6.54 Å². The Kier molecular flexibility index (Phi) is 5.67. The van der Waals surface area contributed by atoms with Crippen molar-refractivity contribution in [3.05, 3.63) is 110 Å². The van der Waals surface area contributed by atoms with Gasteiger partial charge in [-0.1, -0.05) is 24.3 Å². The molecule has 1 aliphatic heterocycles. The molecular formula is C27H22FN7O3. The van der Waals surface area contributed by atoms with E-state index in [0.717, 1.165) is 0 Å². The summed E-state index contributed by atoms with van der Waals surface area (Å²) in [5.41, 5.74) is 0.510. The lowest BCUT2D eigenvalue weighted by molar-refractivity contribution is 0.0677. The Morgan fingerprint density at radius 3 is 2.71 bits per heavy atom. The smallest absolute Gasteiger partial charge is 0.329 e. The summed E-state index contributed by atoms with van der Waals surface area (Å²) in [4.78, 5) is 46.5. The van der Waals surface area contributed by atoms with Crippen molar-refractivity contribution in [3.8, 4) is 11.5 Å². The van der Waals surface area contributed by atoms with Crippen molar-refractivity contribution in [3.63, 3.8) is 0 Å². The molecule has 0 spiro atoms. The van der Waals surface area contributed by atoms with Crippen LogP contribution in [0.2, 0.25) is 0 Å². The third-order valence-corrected chi connectivity index (χ3v) is 6.71. The fourth-order valence-electron chi connectivity index (χ4n) is 4.94. The number of aromatic nitrogens is 6. The summed E-state index contributed by atoms with van der Waals surface area (Å²) >= 11 is 0. The Balaban J connectivity index is 1.31. The second-order valence-corrected chi connectivity index (χ2v) is 9.24. The number of nitrogens with zero attached hydrogens (tertiary/aromatic N) is 6. The molecule has 3 aromatic heterocycles. The van der Waals surface area contributed by atoms with Crippen molar-refractivity contribution in [1.29, 1.82) is 0 Å². The Labute approximate surface area is 215 Å². The highest BCUT2D eigenvalue weighted by molar-refractivity contribution is 5.94. The number of para-hydroxylation sites is 1. The molecule has 0 saturated carbocycles. The van der Waals surface area contributed by atoms with Gasteiger partial charge >= 0.3 is 5.69 Å². The largest absolute Gasteiger partial charge is 0.329 e. The Morgan fingerprint density at radius 1 is 1.08 bits per heavy atom. The van der Waals surface area contributed by atoms with Crippen molar-refractivity contribution in [2.24, 2.45) is 0 Å². The van der Waals surface area contributed by atoms with Crippen LogP contribution in [0.25, 0.3) is 22.4 Å². The number of benzene rings is 2. The van der Waals surface area contributed by atoms with Gasteiger partial charge in [-0.15, -0.1) is 10.2 Å². The second kappa shape index (κ2) is 9.18. The van der Waals surface area contributed by atoms with E-state index in [9.17, 15) is 18.8 Å². The van der Waals surface area contributed by atoms with E-state index >= 15 is 0 Å². The molecule has 6 rings (SSSR count). The van der Waals surface area contributed by atoms with Crippen LogP contribution in [-0.2, 0) is 13.1 Å². The predicted molar refractivity (Wildman–Crippen MR) is 137 cm³/mol. The maximum atomic E-state index is 14.9. The third-order valence-electron chi connectivity index (χ3n) is 6.71. The summed E-state index contributed by atoms with van der Waals surface area (Å²) in [6, 6.07) is 16.3. The molecule has 1 atom stereocenters. The highest BCUT2D eigenvalue weighted by atomic mass is 19.1. The zero-order valence-corrected chi connectivity index (χ0v) is 20.3. The molecule has 1 N–H and O–H groups in total. The number of hydrogen-bond donors (Lipinski definition) is 1. The quantitative estimate of drug-likeness (QED) is 0.396. The molecule has 0 bridgehead atoms. The zero-order valence-electron chi connectivity index (χ0n) is 20.3. The molecule has 4 heterocycles. The van der Waals surface area contributed by atoms with Gasteiger partial charge in [-0.2, -0.15) is 0 Å². The van der Waals surface area contributed by atoms with Gasteiger partial charge in [0, 0.05) is 12.7 Å². The maximum absolute atomic E-state index is 14.9. The molecule has 1 unspecified atom stereocenters. The number of pyridine rings is 1. The molecule has 0 aliphatic carbocycles. The van der Waals surface area contributed by atoms with Crippen LogP contribution in [0.3, 0.4) is 0 Å². The van der Waals surface area contributed by atoms with Crippen LogP contribution in [0, 0.1) is 5.82 Å². The minimum absolute atomic E-state index is 0.0504. The van der Waals surface area contributed by atoms with E-state index in [4.69, 9.17) is 0 Å². The molecule has 5 aromatic rings. The van der Waals surface area contributed by atoms with E-state index in [1.54, 1.807) is 35.4 Å². The van der Waals surface area contributed by atoms with Gasteiger partial charge in [0.2, 0.25) is 0 Å². The highest BCUT2D eigenvalue weighted by Gasteiger charge is 2.31. The van der Waals surface area contributed by atoms with E-state index < -0.39 is 23.0 Å². The number of H-pyrrole nitrogens is 1. The lowest BCUT2D eigenvalue weighted by atomic mass is 10.1. The molecule has 2 aromatic carbocycles. The molecule has 1 amide bonds. The first-order chi connectivity index (χ1) is 18.4. The Morgan fingerprint density at radius 2 is 1.89 bits per heavy atom. The van der Waals surface area contributed by atoms with Gasteiger partial charge in [0.15, 0.2) is 11.6 Å². The molecule has 1 aliphatic rings. The normalized spacial score (nSPS) is 15.0. The Bertz CT molecular complexity index is 1810. The Hall–Kier alpha value is -4.93. The first kappa shape index (κ1) is 23.5. The fraction of sp³-hybridized carbons (Fsp3) is 0.185. The summed E-state index contributed by atoms with van der Waals surface area (Å²) in [6.45, 7) is 2.49. The first-order valence-electron chi connectivity index (χ1n) is 12.1. The van der Waals surface area contributed by atoms with Crippen LogP contribution in [0.15, 0.2) is 76.4 Å². The molecule has 190 valence electrons. The van der Waals surface area contributed by atoms with Crippen molar-refractivity contribution >= 4 is 16.8 Å². The van der Waals surface area contributed by atoms with Gasteiger partial charge < -0.3 is 9.47 Å². The summed E-state index contributed by atoms with van der Waals surface area (Å²) in [7, 11) is 0. The SMILES string of the molecule is CC1CN(C(=O)c2cc(Cn3c(=O)[nH]c(=O)c4ccccc43)ccc2F)Cc2nnc(-c3ccccn3)n21. The maximum Gasteiger partial charge on any atom is 0.329 e. The molecule has 0 fully saturated rings. The van der Waals surface area contributed by atoms with Crippen LogP contribution in [0.5, 0.6) is 0 Å². The molecule has 10 nitrogen and oxygen atoms in total. The average molecular weight is 512 g/mol. The number of nitrogens with one attached hydrogen (secondary N) is 1. The number of fused-ring (bicyclic) bond motifs is 2. The number of aromatic amines is 1. The number of amides is 1. The summed E-state index contributed by atoms with van der Waals surface area (Å²) in [6.07, 6.45) is 1.68. The van der Waals surface area contributed by atoms with Crippen LogP contribution in [0.1, 0.15) is 34.7 Å². The van der Waals surface area contributed by atoms with E-state index in [-0.39, 0.29) is 24.7 Å². The van der Waals surface area contributed by atoms with Gasteiger partial charge in [-0.25, -0.2) is 9.18 Å². The zero-order chi connectivity index (χ0) is 26.4. The number of halogens is 1. The first-order valence-corrected chi connectivity index (χ1v) is 12.1. The summed E-state index contributed by atoms with van der Waals surface area (Å²) in [5.74, 6) is 0.0577. The molecular weight excluding hydrogens is 489 g/mol. The van der Waals surface area contributed by atoms with E-state index in [0.29, 0.717) is 40.4 Å². The van der Waals surface area contributed by atoms with E-state index in [2.05, 4.69) is 20.2 Å². The monoisotopic (exact) mass is 511 g/mol. The minimum atomic E-state index is -0.661. The fourth-order valence-corrected chi connectivity index (χ4v) is 4.94. The van der Waals surface area contributed by atoms with Crippen LogP contribution in [-0.4, -0.2) is 46.7 Å². The number of rotatable bonds is 4. The van der Waals surface area contributed by atoms with Crippen LogP contribution in [0.4, 0.5) is 4.39 Å². The molecule has 11 heteroatoms. The van der Waals surface area contributed by atoms with E-state index in [1.807, 2.05) is 29.7 Å². The number of carbonyl (C=O) groups is 1. The molecule has 38 heavy (non-hydrogen) atoms. The van der Waals surface area contributed by atoms with Crippen molar-refractivity contribution in [2.45, 2.75) is 26.1 Å². The average Bonchev–Trinajstić information content (AvgIpc) is 3.37. The number of carbonyl (C=O) groups excluding carboxylic acids is 1. The summed E-state index contributed by atoms with van der Waals surface area (Å²) < 4.78 is 18.3. The lowest BCUT2D eigenvalue weighted by Crippen LogP contribution is -2.41. The lowest BCUT2D eigenvalue weighted by Gasteiger charge is -2.32. The third kappa shape index (κ3) is 3.97. The standard InChI is InChI=1S/C27H22FN7O3/c1-16-13-33(15-23-31-32-24(35(16)23)21-7-4-5-11-29-21)26(37)19-12-17(9-10-20(19)28)14-34-22-8-3-2-6-18(22)25(36)30-27(34)38/h2-12,16H,13-15H2,1H3,(H,30,36,38). The van der Waals surface area contributed by atoms with Crippen LogP contribution >= 0.6 is 0 Å². The van der Waals surface area contributed by atoms with Gasteiger partial charge in [-0.05, 0) is 48.9 Å². The minimum Gasteiger partial charge on any atom is -0.329 e. The van der Waals surface area contributed by atoms with E-state index in [1.165, 1.54) is 22.8 Å². The predicted octanol–water partition coefficient (Wildman–Crippen LogP) is 2.75. The number of hydrogen-bond acceptors (Lipinski definition) is 6. The van der Waals surface area contributed by atoms with Gasteiger partial charge in [-0.3, -0.25) is 24.1 Å².